The molecule has 4 heteroatoms. The number of aromatic nitrogens is 3. The molecule has 2 aromatic heterocycles. The summed E-state index contributed by atoms with van der Waals surface area (Å²) in [6.07, 6.45) is 0. The van der Waals surface area contributed by atoms with Crippen molar-refractivity contribution in [1.82, 2.24) is 15.0 Å². The molecule has 7 aromatic carbocycles. The summed E-state index contributed by atoms with van der Waals surface area (Å²) in [6.45, 7) is 9.24. The van der Waals surface area contributed by atoms with Crippen LogP contribution in [0.1, 0.15) is 49.9 Å². The first-order valence-corrected chi connectivity index (χ1v) is 19.0. The van der Waals surface area contributed by atoms with Gasteiger partial charge in [-0.2, -0.15) is 0 Å². The van der Waals surface area contributed by atoms with E-state index in [-0.39, 0.29) is 10.8 Å². The fourth-order valence-corrected chi connectivity index (χ4v) is 9.54. The van der Waals surface area contributed by atoms with Crippen LogP contribution in [0.25, 0.3) is 89.5 Å². The van der Waals surface area contributed by atoms with Gasteiger partial charge in [0.25, 0.3) is 0 Å². The highest BCUT2D eigenvalue weighted by atomic mass is 16.3. The molecule has 0 saturated carbocycles. The molecule has 2 heterocycles. The van der Waals surface area contributed by atoms with Crippen molar-refractivity contribution in [2.24, 2.45) is 0 Å². The quantitative estimate of drug-likeness (QED) is 0.183. The first-order valence-electron chi connectivity index (χ1n) is 19.0. The van der Waals surface area contributed by atoms with Gasteiger partial charge in [-0.05, 0) is 73.8 Å². The predicted molar refractivity (Wildman–Crippen MR) is 224 cm³/mol. The standard InChI is InChI=1S/C51H37N3O/c1-50(2)40-24-11-9-18-35(40)44-37(21-13-25-41(44)50)48-52-47(53-49(54-48)38-22-12-20-34-33-17-8-10-23-39(33)51(3,4)46(34)38)31-27-28-36-43(29-31)55-42-26-14-19-32(45(36)42)30-15-6-5-7-16-30/h5-29H,1-4H3. The SMILES string of the molecule is CC1(C)c2ccccc2-c2c(-c3nc(-c4ccc5c(c4)oc4cccc(-c6ccccc6)c45)nc(-c4cccc5c4C(C)(C)c4ccccc4-5)n3)cccc21. The molecule has 55 heavy (non-hydrogen) atoms. The van der Waals surface area contributed by atoms with Crippen LogP contribution in [-0.2, 0) is 10.8 Å². The van der Waals surface area contributed by atoms with Crippen LogP contribution in [0.5, 0.6) is 0 Å². The van der Waals surface area contributed by atoms with Gasteiger partial charge in [-0.3, -0.25) is 0 Å². The van der Waals surface area contributed by atoms with Crippen molar-refractivity contribution < 1.29 is 4.42 Å². The largest absolute Gasteiger partial charge is 0.456 e. The second kappa shape index (κ2) is 11.4. The number of furan rings is 1. The Balaban J connectivity index is 1.16. The zero-order chi connectivity index (χ0) is 37.1. The van der Waals surface area contributed by atoms with E-state index in [9.17, 15) is 0 Å². The summed E-state index contributed by atoms with van der Waals surface area (Å²) >= 11 is 0. The minimum atomic E-state index is -0.240. The van der Waals surface area contributed by atoms with Gasteiger partial charge >= 0.3 is 0 Å². The van der Waals surface area contributed by atoms with Crippen molar-refractivity contribution in [3.8, 4) is 67.5 Å². The second-order valence-corrected chi connectivity index (χ2v) is 16.0. The molecule has 0 saturated heterocycles. The summed E-state index contributed by atoms with van der Waals surface area (Å²) in [4.78, 5) is 16.1. The average molecular weight is 708 g/mol. The van der Waals surface area contributed by atoms with Crippen LogP contribution in [0.2, 0.25) is 0 Å². The van der Waals surface area contributed by atoms with Gasteiger partial charge in [-0.1, -0.05) is 161 Å². The van der Waals surface area contributed by atoms with Gasteiger partial charge in [0.15, 0.2) is 17.5 Å². The minimum Gasteiger partial charge on any atom is -0.456 e. The molecular weight excluding hydrogens is 671 g/mol. The Bertz CT molecular complexity index is 3040. The number of fused-ring (bicyclic) bond motifs is 9. The highest BCUT2D eigenvalue weighted by Gasteiger charge is 2.39. The zero-order valence-electron chi connectivity index (χ0n) is 31.2. The Kier molecular flexibility index (Phi) is 6.61. The van der Waals surface area contributed by atoms with Gasteiger partial charge in [0.2, 0.25) is 0 Å². The summed E-state index contributed by atoms with van der Waals surface area (Å²) in [5, 5.41) is 2.17. The summed E-state index contributed by atoms with van der Waals surface area (Å²) in [5.74, 6) is 1.93. The van der Waals surface area contributed by atoms with Gasteiger partial charge < -0.3 is 4.42 Å². The summed E-state index contributed by atoms with van der Waals surface area (Å²) in [7, 11) is 0. The van der Waals surface area contributed by atoms with Crippen LogP contribution in [0.15, 0.2) is 156 Å². The fourth-order valence-electron chi connectivity index (χ4n) is 9.54. The number of hydrogen-bond acceptors (Lipinski definition) is 4. The van der Waals surface area contributed by atoms with Gasteiger partial charge in [0.1, 0.15) is 11.2 Å². The number of rotatable bonds is 4. The van der Waals surface area contributed by atoms with Crippen LogP contribution in [-0.4, -0.2) is 15.0 Å². The van der Waals surface area contributed by atoms with Gasteiger partial charge in [0, 0.05) is 38.3 Å². The van der Waals surface area contributed by atoms with Crippen LogP contribution in [0.4, 0.5) is 0 Å². The Hall–Kier alpha value is -6.65. The van der Waals surface area contributed by atoms with Crippen molar-refractivity contribution in [3.05, 3.63) is 174 Å². The lowest BCUT2D eigenvalue weighted by Crippen LogP contribution is -2.17. The molecule has 0 amide bonds. The van der Waals surface area contributed by atoms with Crippen LogP contribution in [0, 0.1) is 0 Å². The molecular formula is C51H37N3O. The predicted octanol–water partition coefficient (Wildman–Crippen LogP) is 13.1. The molecule has 0 aliphatic heterocycles. The third-order valence-corrected chi connectivity index (χ3v) is 12.1. The molecule has 11 rings (SSSR count). The van der Waals surface area contributed by atoms with E-state index in [1.54, 1.807) is 0 Å². The van der Waals surface area contributed by atoms with Gasteiger partial charge in [-0.25, -0.2) is 15.0 Å². The first-order chi connectivity index (χ1) is 26.8. The van der Waals surface area contributed by atoms with Crippen LogP contribution < -0.4 is 0 Å². The third kappa shape index (κ3) is 4.55. The summed E-state index contributed by atoms with van der Waals surface area (Å²) in [5.41, 5.74) is 16.6. The molecule has 0 atom stereocenters. The Morgan fingerprint density at radius 2 is 0.982 bits per heavy atom. The third-order valence-electron chi connectivity index (χ3n) is 12.1. The number of benzene rings is 7. The molecule has 0 spiro atoms. The normalized spacial score (nSPS) is 14.5. The molecule has 0 radical (unpaired) electrons. The lowest BCUT2D eigenvalue weighted by Gasteiger charge is -2.24. The topological polar surface area (TPSA) is 51.8 Å². The monoisotopic (exact) mass is 707 g/mol. The van der Waals surface area contributed by atoms with Crippen molar-refractivity contribution in [2.45, 2.75) is 38.5 Å². The maximum atomic E-state index is 6.58. The molecule has 262 valence electrons. The fraction of sp³-hybridized carbons (Fsp3) is 0.118. The smallest absolute Gasteiger partial charge is 0.164 e. The summed E-state index contributed by atoms with van der Waals surface area (Å²) < 4.78 is 6.58. The van der Waals surface area contributed by atoms with Gasteiger partial charge in [0.05, 0.1) is 0 Å². The minimum absolute atomic E-state index is 0.151. The van der Waals surface area contributed by atoms with Crippen molar-refractivity contribution >= 4 is 21.9 Å². The molecule has 0 unspecified atom stereocenters. The average Bonchev–Trinajstić information content (AvgIpc) is 3.80. The number of nitrogens with zero attached hydrogens (tertiary/aromatic N) is 3. The van der Waals surface area contributed by atoms with E-state index in [1.165, 1.54) is 44.5 Å². The van der Waals surface area contributed by atoms with E-state index in [2.05, 4.69) is 167 Å². The van der Waals surface area contributed by atoms with E-state index < -0.39 is 0 Å². The van der Waals surface area contributed by atoms with E-state index >= 15 is 0 Å². The molecule has 0 bridgehead atoms. The first kappa shape index (κ1) is 31.8. The molecule has 0 N–H and O–H groups in total. The molecule has 2 aliphatic rings. The van der Waals surface area contributed by atoms with E-state index in [0.29, 0.717) is 17.5 Å². The zero-order valence-corrected chi connectivity index (χ0v) is 31.2. The maximum Gasteiger partial charge on any atom is 0.164 e. The van der Waals surface area contributed by atoms with E-state index in [0.717, 1.165) is 49.8 Å². The van der Waals surface area contributed by atoms with Crippen molar-refractivity contribution in [1.29, 1.82) is 0 Å². The molecule has 4 nitrogen and oxygen atoms in total. The highest BCUT2D eigenvalue weighted by molar-refractivity contribution is 6.13. The van der Waals surface area contributed by atoms with E-state index in [4.69, 9.17) is 19.4 Å². The van der Waals surface area contributed by atoms with E-state index in [1.807, 2.05) is 12.1 Å². The second-order valence-electron chi connectivity index (χ2n) is 16.0. The lowest BCUT2D eigenvalue weighted by molar-refractivity contribution is 0.660. The molecule has 9 aromatic rings. The van der Waals surface area contributed by atoms with Gasteiger partial charge in [-0.15, -0.1) is 0 Å². The van der Waals surface area contributed by atoms with Crippen LogP contribution >= 0.6 is 0 Å². The number of hydrogen-bond donors (Lipinski definition) is 0. The Morgan fingerprint density at radius 3 is 1.80 bits per heavy atom. The molecule has 2 aliphatic carbocycles. The van der Waals surface area contributed by atoms with Crippen molar-refractivity contribution in [3.63, 3.8) is 0 Å². The summed E-state index contributed by atoms with van der Waals surface area (Å²) in [6, 6.07) is 53.8. The maximum absolute atomic E-state index is 6.58. The Labute approximate surface area is 320 Å². The highest BCUT2D eigenvalue weighted by Crippen LogP contribution is 2.53. The van der Waals surface area contributed by atoms with Crippen LogP contribution in [0.3, 0.4) is 0 Å². The molecule has 0 fully saturated rings. The van der Waals surface area contributed by atoms with Crippen molar-refractivity contribution in [2.75, 3.05) is 0 Å². The Morgan fingerprint density at radius 1 is 0.400 bits per heavy atom. The lowest BCUT2D eigenvalue weighted by atomic mass is 9.80.